The molecule has 0 unspecified atom stereocenters. The van der Waals surface area contributed by atoms with Crippen molar-refractivity contribution >= 4 is 21.6 Å². The molecule has 0 aliphatic carbocycles. The summed E-state index contributed by atoms with van der Waals surface area (Å²) in [7, 11) is -3.23. The first-order valence-corrected chi connectivity index (χ1v) is 9.47. The van der Waals surface area contributed by atoms with Crippen molar-refractivity contribution < 1.29 is 13.2 Å². The zero-order valence-corrected chi connectivity index (χ0v) is 13.8. The monoisotopic (exact) mass is 324 g/mol. The highest BCUT2D eigenvalue weighted by Crippen LogP contribution is 2.21. The number of benzene rings is 1. The molecule has 1 fully saturated rings. The number of nitrogens with zero attached hydrogens (tertiary/aromatic N) is 1. The largest absolute Gasteiger partial charge is 0.326 e. The Labute approximate surface area is 132 Å². The zero-order chi connectivity index (χ0) is 16.0. The van der Waals surface area contributed by atoms with Crippen molar-refractivity contribution in [3.05, 3.63) is 30.3 Å². The number of amides is 1. The lowest BCUT2D eigenvalue weighted by molar-refractivity contribution is -0.120. The zero-order valence-electron chi connectivity index (χ0n) is 13.0. The molecule has 5 nitrogen and oxygen atoms in total. The average molecular weight is 324 g/mol. The molecule has 0 radical (unpaired) electrons. The van der Waals surface area contributed by atoms with Crippen LogP contribution in [0.5, 0.6) is 0 Å². The van der Waals surface area contributed by atoms with Crippen molar-refractivity contribution in [3.63, 3.8) is 0 Å². The highest BCUT2D eigenvalue weighted by atomic mass is 32.2. The van der Waals surface area contributed by atoms with Crippen LogP contribution in [0.25, 0.3) is 0 Å². The van der Waals surface area contributed by atoms with Crippen molar-refractivity contribution in [3.8, 4) is 0 Å². The molecule has 0 bridgehead atoms. The molecule has 1 heterocycles. The molecule has 1 saturated heterocycles. The van der Waals surface area contributed by atoms with E-state index in [9.17, 15) is 13.2 Å². The highest BCUT2D eigenvalue weighted by Gasteiger charge is 2.31. The predicted molar refractivity (Wildman–Crippen MR) is 88.1 cm³/mol. The number of unbranched alkanes of at least 4 members (excludes halogenated alkanes) is 1. The van der Waals surface area contributed by atoms with E-state index in [4.69, 9.17) is 0 Å². The maximum absolute atomic E-state index is 12.3. The number of para-hydroxylation sites is 1. The molecule has 1 aliphatic heterocycles. The first kappa shape index (κ1) is 17.0. The van der Waals surface area contributed by atoms with Crippen molar-refractivity contribution in [2.45, 2.75) is 32.6 Å². The lowest BCUT2D eigenvalue weighted by atomic mass is 9.99. The number of piperidine rings is 1. The Hall–Kier alpha value is -1.40. The van der Waals surface area contributed by atoms with E-state index in [2.05, 4.69) is 5.32 Å². The van der Waals surface area contributed by atoms with Crippen LogP contribution in [0.2, 0.25) is 0 Å². The van der Waals surface area contributed by atoms with Crippen LogP contribution in [0.4, 0.5) is 5.69 Å². The predicted octanol–water partition coefficient (Wildman–Crippen LogP) is 2.47. The molecule has 1 atom stereocenters. The molecule has 0 spiro atoms. The van der Waals surface area contributed by atoms with Crippen LogP contribution >= 0.6 is 0 Å². The number of hydrogen-bond donors (Lipinski definition) is 1. The number of anilines is 1. The fourth-order valence-corrected chi connectivity index (χ4v) is 4.36. The quantitative estimate of drug-likeness (QED) is 0.874. The van der Waals surface area contributed by atoms with Crippen LogP contribution in [0.3, 0.4) is 0 Å². The Bertz CT molecular complexity index is 587. The van der Waals surface area contributed by atoms with E-state index in [1.807, 2.05) is 37.3 Å². The number of carbonyl (C=O) groups excluding carboxylic acids is 1. The molecular formula is C16H24N2O3S. The summed E-state index contributed by atoms with van der Waals surface area (Å²) in [5.41, 5.74) is 0.749. The molecule has 1 N–H and O–H groups in total. The number of sulfonamides is 1. The number of rotatable bonds is 6. The van der Waals surface area contributed by atoms with Crippen LogP contribution in [0, 0.1) is 5.92 Å². The number of nitrogens with one attached hydrogen (secondary N) is 1. The summed E-state index contributed by atoms with van der Waals surface area (Å²) in [5, 5.41) is 2.87. The summed E-state index contributed by atoms with van der Waals surface area (Å²) in [6, 6.07) is 9.27. The van der Waals surface area contributed by atoms with Crippen LogP contribution in [0.15, 0.2) is 30.3 Å². The minimum Gasteiger partial charge on any atom is -0.326 e. The Morgan fingerprint density at radius 3 is 2.73 bits per heavy atom. The lowest BCUT2D eigenvalue weighted by Gasteiger charge is -2.31. The van der Waals surface area contributed by atoms with Gasteiger partial charge in [0.2, 0.25) is 15.9 Å². The van der Waals surface area contributed by atoms with E-state index >= 15 is 0 Å². The van der Waals surface area contributed by atoms with Gasteiger partial charge in [-0.2, -0.15) is 0 Å². The van der Waals surface area contributed by atoms with Crippen LogP contribution in [-0.4, -0.2) is 37.5 Å². The molecule has 22 heavy (non-hydrogen) atoms. The molecular weight excluding hydrogens is 300 g/mol. The van der Waals surface area contributed by atoms with Gasteiger partial charge in [-0.25, -0.2) is 12.7 Å². The standard InChI is InChI=1S/C16H24N2O3S/c1-2-3-12-22(20,21)18-11-7-8-14(13-18)16(19)17-15-9-5-4-6-10-15/h4-6,9-10,14H,2-3,7-8,11-13H2,1H3,(H,17,19)/t14-/m0/s1. The van der Waals surface area contributed by atoms with Gasteiger partial charge >= 0.3 is 0 Å². The minimum absolute atomic E-state index is 0.0957. The van der Waals surface area contributed by atoms with Crippen molar-refractivity contribution in [1.29, 1.82) is 0 Å². The van der Waals surface area contributed by atoms with Gasteiger partial charge in [-0.1, -0.05) is 31.5 Å². The summed E-state index contributed by atoms with van der Waals surface area (Å²) in [6.07, 6.45) is 2.99. The van der Waals surface area contributed by atoms with Gasteiger partial charge in [0.1, 0.15) is 0 Å². The second-order valence-corrected chi connectivity index (χ2v) is 7.81. The summed E-state index contributed by atoms with van der Waals surface area (Å²) < 4.78 is 26.0. The molecule has 0 aromatic heterocycles. The fraction of sp³-hybridized carbons (Fsp3) is 0.562. The molecule has 122 valence electrons. The molecule has 2 rings (SSSR count). The second-order valence-electron chi connectivity index (χ2n) is 5.72. The normalized spacial score (nSPS) is 19.8. The van der Waals surface area contributed by atoms with E-state index in [1.54, 1.807) is 0 Å². The van der Waals surface area contributed by atoms with Gasteiger partial charge < -0.3 is 5.32 Å². The second kappa shape index (κ2) is 7.74. The lowest BCUT2D eigenvalue weighted by Crippen LogP contribution is -2.44. The van der Waals surface area contributed by atoms with Crippen LogP contribution in [-0.2, 0) is 14.8 Å². The van der Waals surface area contributed by atoms with E-state index in [-0.39, 0.29) is 17.6 Å². The molecule has 0 saturated carbocycles. The van der Waals surface area contributed by atoms with Gasteiger partial charge in [-0.05, 0) is 31.4 Å². The molecule has 1 aromatic carbocycles. The summed E-state index contributed by atoms with van der Waals surface area (Å²) >= 11 is 0. The summed E-state index contributed by atoms with van der Waals surface area (Å²) in [5.74, 6) is -0.191. The number of hydrogen-bond acceptors (Lipinski definition) is 3. The van der Waals surface area contributed by atoms with Gasteiger partial charge in [-0.15, -0.1) is 0 Å². The molecule has 6 heteroatoms. The van der Waals surface area contributed by atoms with E-state index < -0.39 is 10.0 Å². The van der Waals surface area contributed by atoms with Crippen molar-refractivity contribution in [1.82, 2.24) is 4.31 Å². The topological polar surface area (TPSA) is 66.5 Å². The Kier molecular flexibility index (Phi) is 5.97. The fourth-order valence-electron chi connectivity index (χ4n) is 2.63. The SMILES string of the molecule is CCCCS(=O)(=O)N1CCC[C@H](C(=O)Nc2ccccc2)C1. The number of carbonyl (C=O) groups is 1. The van der Waals surface area contributed by atoms with Gasteiger partial charge in [0.15, 0.2) is 0 Å². The molecule has 1 amide bonds. The Morgan fingerprint density at radius 2 is 2.05 bits per heavy atom. The maximum Gasteiger partial charge on any atom is 0.228 e. The highest BCUT2D eigenvalue weighted by molar-refractivity contribution is 7.89. The molecule has 1 aromatic rings. The van der Waals surface area contributed by atoms with E-state index in [0.29, 0.717) is 19.5 Å². The van der Waals surface area contributed by atoms with Gasteiger partial charge in [0, 0.05) is 18.8 Å². The average Bonchev–Trinajstić information content (AvgIpc) is 2.54. The minimum atomic E-state index is -3.23. The maximum atomic E-state index is 12.3. The van der Waals surface area contributed by atoms with Crippen LogP contribution in [0.1, 0.15) is 32.6 Å². The Morgan fingerprint density at radius 1 is 1.32 bits per heavy atom. The van der Waals surface area contributed by atoms with Gasteiger partial charge in [0.25, 0.3) is 0 Å². The first-order valence-electron chi connectivity index (χ1n) is 7.86. The van der Waals surface area contributed by atoms with E-state index in [1.165, 1.54) is 4.31 Å². The van der Waals surface area contributed by atoms with Crippen LogP contribution < -0.4 is 5.32 Å². The molecule has 1 aliphatic rings. The first-order chi connectivity index (χ1) is 10.5. The van der Waals surface area contributed by atoms with Gasteiger partial charge in [0.05, 0.1) is 11.7 Å². The Balaban J connectivity index is 1.96. The van der Waals surface area contributed by atoms with E-state index in [0.717, 1.165) is 24.9 Å². The smallest absolute Gasteiger partial charge is 0.228 e. The van der Waals surface area contributed by atoms with Crippen molar-refractivity contribution in [2.75, 3.05) is 24.2 Å². The van der Waals surface area contributed by atoms with Crippen molar-refractivity contribution in [2.24, 2.45) is 5.92 Å². The third-order valence-electron chi connectivity index (χ3n) is 3.95. The summed E-state index contributed by atoms with van der Waals surface area (Å²) in [6.45, 7) is 2.80. The third kappa shape index (κ3) is 4.55. The summed E-state index contributed by atoms with van der Waals surface area (Å²) in [4.78, 5) is 12.3. The third-order valence-corrected chi connectivity index (χ3v) is 5.87. The van der Waals surface area contributed by atoms with Gasteiger partial charge in [-0.3, -0.25) is 4.79 Å².